The summed E-state index contributed by atoms with van der Waals surface area (Å²) in [6.07, 6.45) is 5.01. The summed E-state index contributed by atoms with van der Waals surface area (Å²) >= 11 is 0. The molecule has 0 saturated carbocycles. The number of nitrogens with one attached hydrogen (secondary N) is 2. The van der Waals surface area contributed by atoms with Crippen molar-refractivity contribution in [3.05, 3.63) is 59.4 Å². The van der Waals surface area contributed by atoms with E-state index in [1.54, 1.807) is 24.5 Å². The van der Waals surface area contributed by atoms with Gasteiger partial charge in [-0.05, 0) is 61.6 Å². The second-order valence-electron chi connectivity index (χ2n) is 7.17. The van der Waals surface area contributed by atoms with Gasteiger partial charge >= 0.3 is 0 Å². The highest BCUT2D eigenvalue weighted by molar-refractivity contribution is 5.89. The fraction of sp³-hybridized carbons (Fsp3) is 0.304. The predicted octanol–water partition coefficient (Wildman–Crippen LogP) is 3.09. The molecule has 7 nitrogen and oxygen atoms in total. The number of hydrazine groups is 1. The average molecular weight is 408 g/mol. The number of fused-ring (bicyclic) bond motifs is 2. The highest BCUT2D eigenvalue weighted by Crippen LogP contribution is 2.30. The van der Waals surface area contributed by atoms with E-state index in [-0.39, 0.29) is 18.9 Å². The van der Waals surface area contributed by atoms with E-state index in [1.165, 1.54) is 11.1 Å². The van der Waals surface area contributed by atoms with E-state index < -0.39 is 5.91 Å². The zero-order chi connectivity index (χ0) is 20.9. The van der Waals surface area contributed by atoms with Gasteiger partial charge in [0.25, 0.3) is 5.91 Å². The van der Waals surface area contributed by atoms with Crippen LogP contribution in [0, 0.1) is 0 Å². The van der Waals surface area contributed by atoms with E-state index in [1.807, 2.05) is 13.0 Å². The van der Waals surface area contributed by atoms with Gasteiger partial charge in [-0.1, -0.05) is 12.1 Å². The molecule has 3 aromatic rings. The van der Waals surface area contributed by atoms with Gasteiger partial charge < -0.3 is 13.9 Å². The van der Waals surface area contributed by atoms with Crippen molar-refractivity contribution in [2.24, 2.45) is 0 Å². The van der Waals surface area contributed by atoms with Crippen molar-refractivity contribution in [2.45, 2.75) is 32.6 Å². The van der Waals surface area contributed by atoms with Crippen LogP contribution in [0.4, 0.5) is 0 Å². The molecule has 1 aromatic heterocycles. The molecule has 2 amide bonds. The lowest BCUT2D eigenvalue weighted by molar-refractivity contribution is -0.129. The number of rotatable bonds is 7. The lowest BCUT2D eigenvalue weighted by atomic mass is 10.0. The minimum absolute atomic E-state index is 0.111. The lowest BCUT2D eigenvalue weighted by Gasteiger charge is -2.12. The molecule has 2 aromatic carbocycles. The second-order valence-corrected chi connectivity index (χ2v) is 7.17. The summed E-state index contributed by atoms with van der Waals surface area (Å²) in [6, 6.07) is 11.3. The summed E-state index contributed by atoms with van der Waals surface area (Å²) in [5.74, 6) is 0.235. The van der Waals surface area contributed by atoms with Crippen molar-refractivity contribution >= 4 is 22.8 Å². The van der Waals surface area contributed by atoms with Crippen LogP contribution in [0.1, 0.15) is 30.0 Å². The second kappa shape index (κ2) is 8.90. The highest BCUT2D eigenvalue weighted by atomic mass is 16.5. The maximum absolute atomic E-state index is 12.3. The molecule has 1 aliphatic rings. The van der Waals surface area contributed by atoms with Crippen LogP contribution in [0.5, 0.6) is 11.5 Å². The molecule has 0 bridgehead atoms. The first-order valence-electron chi connectivity index (χ1n) is 10.1. The van der Waals surface area contributed by atoms with E-state index in [0.717, 1.165) is 35.8 Å². The van der Waals surface area contributed by atoms with Gasteiger partial charge in [0, 0.05) is 10.9 Å². The molecule has 30 heavy (non-hydrogen) atoms. The third-order valence-corrected chi connectivity index (χ3v) is 5.07. The summed E-state index contributed by atoms with van der Waals surface area (Å²) in [4.78, 5) is 24.3. The Morgan fingerprint density at radius 2 is 1.70 bits per heavy atom. The zero-order valence-corrected chi connectivity index (χ0v) is 16.8. The van der Waals surface area contributed by atoms with E-state index >= 15 is 0 Å². The molecule has 7 heteroatoms. The molecule has 2 N–H and O–H groups in total. The molecule has 1 heterocycles. The highest BCUT2D eigenvalue weighted by Gasteiger charge is 2.17. The van der Waals surface area contributed by atoms with Crippen LogP contribution >= 0.6 is 0 Å². The molecular formula is C23H24N2O5. The molecule has 1 aliphatic carbocycles. The van der Waals surface area contributed by atoms with Crippen molar-refractivity contribution in [1.82, 2.24) is 10.9 Å². The summed E-state index contributed by atoms with van der Waals surface area (Å²) in [7, 11) is 0. The summed E-state index contributed by atoms with van der Waals surface area (Å²) < 4.78 is 16.6. The van der Waals surface area contributed by atoms with Gasteiger partial charge in [-0.25, -0.2) is 0 Å². The van der Waals surface area contributed by atoms with Crippen molar-refractivity contribution in [3.63, 3.8) is 0 Å². The van der Waals surface area contributed by atoms with Crippen LogP contribution in [0.15, 0.2) is 47.1 Å². The Labute approximate surface area is 174 Å². The van der Waals surface area contributed by atoms with E-state index in [2.05, 4.69) is 23.0 Å². The number of ether oxygens (including phenoxy) is 2. The number of furan rings is 1. The third-order valence-electron chi connectivity index (χ3n) is 5.07. The first-order chi connectivity index (χ1) is 14.6. The molecule has 0 atom stereocenters. The van der Waals surface area contributed by atoms with Crippen molar-refractivity contribution in [2.75, 3.05) is 13.2 Å². The minimum Gasteiger partial charge on any atom is -0.490 e. The number of benzene rings is 2. The van der Waals surface area contributed by atoms with E-state index in [4.69, 9.17) is 13.9 Å². The Hall–Kier alpha value is -3.48. The molecule has 0 unspecified atom stereocenters. The molecule has 0 saturated heterocycles. The van der Waals surface area contributed by atoms with Gasteiger partial charge in [-0.15, -0.1) is 0 Å². The van der Waals surface area contributed by atoms with Crippen molar-refractivity contribution < 1.29 is 23.5 Å². The number of amides is 2. The van der Waals surface area contributed by atoms with Crippen LogP contribution in [0.2, 0.25) is 0 Å². The topological polar surface area (TPSA) is 89.8 Å². The molecule has 0 spiro atoms. The van der Waals surface area contributed by atoms with Gasteiger partial charge in [0.05, 0.1) is 19.3 Å². The smallest absolute Gasteiger partial charge is 0.276 e. The van der Waals surface area contributed by atoms with Gasteiger partial charge in [-0.2, -0.15) is 0 Å². The van der Waals surface area contributed by atoms with Crippen LogP contribution in [-0.2, 0) is 28.9 Å². The number of para-hydroxylation sites is 2. The van der Waals surface area contributed by atoms with Gasteiger partial charge in [0.2, 0.25) is 5.91 Å². The fourth-order valence-corrected chi connectivity index (χ4v) is 3.67. The first-order valence-corrected chi connectivity index (χ1v) is 10.1. The van der Waals surface area contributed by atoms with E-state index in [0.29, 0.717) is 18.1 Å². The fourth-order valence-electron chi connectivity index (χ4n) is 3.67. The Kier molecular flexibility index (Phi) is 5.88. The molecule has 4 rings (SSSR count). The van der Waals surface area contributed by atoms with Crippen LogP contribution < -0.4 is 20.3 Å². The first kappa shape index (κ1) is 19.8. The Morgan fingerprint density at radius 3 is 2.47 bits per heavy atom. The maximum Gasteiger partial charge on any atom is 0.276 e. The third kappa shape index (κ3) is 4.40. The van der Waals surface area contributed by atoms with Crippen LogP contribution in [0.3, 0.4) is 0 Å². The largest absolute Gasteiger partial charge is 0.490 e. The van der Waals surface area contributed by atoms with Gasteiger partial charge in [0.1, 0.15) is 5.58 Å². The summed E-state index contributed by atoms with van der Waals surface area (Å²) in [6.45, 7) is 2.12. The maximum atomic E-state index is 12.3. The summed E-state index contributed by atoms with van der Waals surface area (Å²) in [5, 5.41) is 0.952. The van der Waals surface area contributed by atoms with Crippen LogP contribution in [-0.4, -0.2) is 25.0 Å². The molecule has 156 valence electrons. The van der Waals surface area contributed by atoms with Crippen molar-refractivity contribution in [3.8, 4) is 11.5 Å². The lowest BCUT2D eigenvalue weighted by Crippen LogP contribution is -2.44. The quantitative estimate of drug-likeness (QED) is 0.587. The number of aryl methyl sites for hydroxylation is 2. The van der Waals surface area contributed by atoms with Crippen molar-refractivity contribution in [1.29, 1.82) is 0 Å². The molecule has 0 aliphatic heterocycles. The number of hydrogen-bond donors (Lipinski definition) is 2. The average Bonchev–Trinajstić information content (AvgIpc) is 3.36. The Bertz CT molecular complexity index is 1070. The Morgan fingerprint density at radius 1 is 1.00 bits per heavy atom. The number of carbonyl (C=O) groups excluding carboxylic acids is 2. The van der Waals surface area contributed by atoms with Gasteiger partial charge in [-0.3, -0.25) is 20.4 Å². The summed E-state index contributed by atoms with van der Waals surface area (Å²) in [5.41, 5.74) is 9.04. The van der Waals surface area contributed by atoms with E-state index in [9.17, 15) is 9.59 Å². The zero-order valence-electron chi connectivity index (χ0n) is 16.8. The standard InChI is InChI=1S/C23H24N2O5/c1-2-28-19-8-3-4-9-20(19)30-14-23(27)25-24-22(26)12-17-13-29-21-11-16-7-5-6-15(16)10-18(17)21/h3-4,8-11,13H,2,5-7,12,14H2,1H3,(H,24,26)(H,25,27). The van der Waals surface area contributed by atoms with Crippen LogP contribution in [0.25, 0.3) is 11.0 Å². The monoisotopic (exact) mass is 408 g/mol. The molecule has 0 fully saturated rings. The minimum atomic E-state index is -0.468. The SMILES string of the molecule is CCOc1ccccc1OCC(=O)NNC(=O)Cc1coc2cc3c(cc12)CCC3. The Balaban J connectivity index is 1.29. The number of carbonyl (C=O) groups is 2. The normalized spacial score (nSPS) is 12.4. The van der Waals surface area contributed by atoms with Gasteiger partial charge in [0.15, 0.2) is 18.1 Å². The molecule has 0 radical (unpaired) electrons. The number of hydrogen-bond acceptors (Lipinski definition) is 5. The molecular weight excluding hydrogens is 384 g/mol. The predicted molar refractivity (Wildman–Crippen MR) is 111 cm³/mol.